The topological polar surface area (TPSA) is 52.1 Å². The van der Waals surface area contributed by atoms with E-state index in [1.165, 1.54) is 34.7 Å². The van der Waals surface area contributed by atoms with Gasteiger partial charge >= 0.3 is 0 Å². The largest absolute Gasteiger partial charge is 0.497 e. The number of nitrogens with zero attached hydrogens (tertiary/aromatic N) is 2. The monoisotopic (exact) mass is 943 g/mol. The van der Waals surface area contributed by atoms with Gasteiger partial charge in [0, 0.05) is 54.1 Å². The van der Waals surface area contributed by atoms with E-state index < -0.39 is 20.8 Å². The van der Waals surface area contributed by atoms with Crippen molar-refractivity contribution in [1.82, 2.24) is 9.97 Å². The third-order valence-corrected chi connectivity index (χ3v) is 13.0. The minimum absolute atomic E-state index is 0. The molecule has 4 aromatic heterocycles. The van der Waals surface area contributed by atoms with Crippen LogP contribution in [0.4, 0.5) is 0 Å². The smallest absolute Gasteiger partial charge is 0.177 e. The summed E-state index contributed by atoms with van der Waals surface area (Å²) < 4.78 is 45.7. The third kappa shape index (κ3) is 7.31. The Morgan fingerprint density at radius 2 is 1.46 bits per heavy atom. The van der Waals surface area contributed by atoms with Crippen LogP contribution in [0.1, 0.15) is 60.3 Å². The van der Waals surface area contributed by atoms with Gasteiger partial charge in [0.1, 0.15) is 5.58 Å². The standard InChI is InChI=1S/C28H20NO2.C23H26NSi.Ir/c1-16-10-11-21(23-14-17-6-2-3-7-18(17)15-29-23)26-25(16)22-13-12-20-19-8-4-5-9-24(19)30-27(20)28(22)31-26;1-17(2)21-15-22(24-16-23(21)25(3,4)5)20-13-9-12-19(14-20)18-10-7-6-8-11-18;/h4-5,8-10,12-15H,2-3,6-7H2,1H3;6-12,14-17H,1-5H3;/q2*-1;/i1D3;17D;. The number of aryl methyl sites for hydroxylation is 3. The number of rotatable bonds is 5. The average Bonchev–Trinajstić information content (AvgIpc) is 3.82. The molecular weight excluding hydrogens is 893 g/mol. The summed E-state index contributed by atoms with van der Waals surface area (Å²) in [5.41, 5.74) is 11.9. The van der Waals surface area contributed by atoms with Crippen LogP contribution in [0, 0.1) is 19.0 Å². The third-order valence-electron chi connectivity index (χ3n) is 11.0. The summed E-state index contributed by atoms with van der Waals surface area (Å²) in [5, 5.41) is 4.50. The quantitative estimate of drug-likeness (QED) is 0.127. The van der Waals surface area contributed by atoms with Crippen molar-refractivity contribution in [1.29, 1.82) is 0 Å². The average molecular weight is 943 g/mol. The van der Waals surface area contributed by atoms with Gasteiger partial charge < -0.3 is 18.8 Å². The van der Waals surface area contributed by atoms with E-state index in [0.717, 1.165) is 62.7 Å². The Morgan fingerprint density at radius 3 is 2.25 bits per heavy atom. The SMILES string of the molecule is [2H]C(C)(C)c1cc(-c2[c-]ccc(-c3ccccc3)c2)ncc1[Si](C)(C)C.[2H]C([2H])([2H])c1c[c-]c(-c2cc3c(cn2)CCCC3)c2oc3c(ccc4c5ccccc5oc43)c12.[Ir]. The fourth-order valence-electron chi connectivity index (χ4n) is 8.04. The van der Waals surface area contributed by atoms with Crippen molar-refractivity contribution in [2.75, 3.05) is 0 Å². The Kier molecular flexibility index (Phi) is 9.33. The maximum absolute atomic E-state index is 8.61. The fraction of sp³-hybridized carbons (Fsp3) is 0.216. The number of hydrogen-bond acceptors (Lipinski definition) is 4. The molecule has 0 unspecified atom stereocenters. The first-order valence-corrected chi connectivity index (χ1v) is 22.9. The van der Waals surface area contributed by atoms with Crippen molar-refractivity contribution >= 4 is 57.1 Å². The van der Waals surface area contributed by atoms with Gasteiger partial charge in [0.2, 0.25) is 0 Å². The fourth-order valence-corrected chi connectivity index (χ4v) is 9.62. The van der Waals surface area contributed by atoms with Crippen LogP contribution < -0.4 is 5.19 Å². The molecule has 0 spiro atoms. The molecule has 0 saturated carbocycles. The maximum Gasteiger partial charge on any atom is 0.177 e. The van der Waals surface area contributed by atoms with Gasteiger partial charge in [0.25, 0.3) is 0 Å². The van der Waals surface area contributed by atoms with Crippen molar-refractivity contribution in [3.05, 3.63) is 150 Å². The predicted molar refractivity (Wildman–Crippen MR) is 235 cm³/mol. The molecule has 1 radical (unpaired) electrons. The first-order valence-electron chi connectivity index (χ1n) is 21.4. The van der Waals surface area contributed by atoms with Gasteiger partial charge in [-0.25, -0.2) is 0 Å². The van der Waals surface area contributed by atoms with Crippen LogP contribution in [0.15, 0.2) is 124 Å². The molecule has 5 aromatic carbocycles. The van der Waals surface area contributed by atoms with Crippen molar-refractivity contribution < 1.29 is 34.4 Å². The summed E-state index contributed by atoms with van der Waals surface area (Å²) in [5.74, 6) is -0.648. The van der Waals surface area contributed by atoms with Crippen LogP contribution in [-0.4, -0.2) is 18.0 Å². The molecule has 1 aliphatic carbocycles. The first kappa shape index (κ1) is 34.0. The Labute approximate surface area is 355 Å². The Bertz CT molecular complexity index is 3070. The molecule has 9 aromatic rings. The number of furan rings is 2. The Morgan fingerprint density at radius 1 is 0.719 bits per heavy atom. The minimum Gasteiger partial charge on any atom is -0.497 e. The summed E-state index contributed by atoms with van der Waals surface area (Å²) in [6, 6.07) is 40.6. The molecule has 0 atom stereocenters. The molecule has 287 valence electrons. The van der Waals surface area contributed by atoms with E-state index >= 15 is 0 Å². The normalized spacial score (nSPS) is 14.3. The zero-order valence-electron chi connectivity index (χ0n) is 36.8. The number of fused-ring (bicyclic) bond motifs is 8. The van der Waals surface area contributed by atoms with Gasteiger partial charge in [-0.05, 0) is 71.4 Å². The maximum atomic E-state index is 8.61. The van der Waals surface area contributed by atoms with E-state index in [1.54, 1.807) is 6.07 Å². The van der Waals surface area contributed by atoms with Gasteiger partial charge in [-0.2, -0.15) is 0 Å². The van der Waals surface area contributed by atoms with Crippen LogP contribution in [0.25, 0.3) is 77.5 Å². The van der Waals surface area contributed by atoms with Gasteiger partial charge in [-0.15, -0.1) is 53.1 Å². The number of aromatic nitrogens is 2. The molecule has 10 rings (SSSR count). The van der Waals surface area contributed by atoms with Crippen molar-refractivity contribution in [3.63, 3.8) is 0 Å². The van der Waals surface area contributed by atoms with E-state index in [2.05, 4.69) is 68.2 Å². The Balaban J connectivity index is 0.000000172. The van der Waals surface area contributed by atoms with Crippen LogP contribution in [0.5, 0.6) is 0 Å². The molecule has 4 heterocycles. The summed E-state index contributed by atoms with van der Waals surface area (Å²) in [6.45, 7) is 8.53. The van der Waals surface area contributed by atoms with E-state index in [1.807, 2.05) is 86.9 Å². The zero-order chi connectivity index (χ0) is 42.0. The molecule has 0 N–H and O–H groups in total. The van der Waals surface area contributed by atoms with Crippen molar-refractivity contribution in [2.24, 2.45) is 0 Å². The molecule has 0 fully saturated rings. The van der Waals surface area contributed by atoms with Gasteiger partial charge in [0.15, 0.2) is 11.2 Å². The molecule has 0 bridgehead atoms. The first-order chi connectivity index (χ1) is 28.6. The molecule has 1 aliphatic rings. The van der Waals surface area contributed by atoms with Crippen LogP contribution in [-0.2, 0) is 32.9 Å². The second kappa shape index (κ2) is 15.7. The summed E-state index contributed by atoms with van der Waals surface area (Å²) in [6.07, 6.45) is 8.38. The van der Waals surface area contributed by atoms with E-state index in [9.17, 15) is 0 Å². The van der Waals surface area contributed by atoms with Crippen LogP contribution in [0.2, 0.25) is 19.6 Å². The number of para-hydroxylation sites is 1. The number of benzene rings is 5. The molecule has 57 heavy (non-hydrogen) atoms. The molecular formula is C51H46IrN2O2Si-2. The van der Waals surface area contributed by atoms with Crippen LogP contribution >= 0.6 is 0 Å². The number of pyridine rings is 2. The zero-order valence-corrected chi connectivity index (χ0v) is 36.2. The van der Waals surface area contributed by atoms with E-state index in [-0.39, 0.29) is 25.7 Å². The summed E-state index contributed by atoms with van der Waals surface area (Å²) in [4.78, 5) is 9.46. The summed E-state index contributed by atoms with van der Waals surface area (Å²) in [7, 11) is -1.57. The van der Waals surface area contributed by atoms with Crippen molar-refractivity contribution in [3.8, 4) is 33.6 Å². The van der Waals surface area contributed by atoms with Crippen LogP contribution in [0.3, 0.4) is 0 Å². The van der Waals surface area contributed by atoms with Gasteiger partial charge in [-0.3, -0.25) is 0 Å². The molecule has 6 heteroatoms. The van der Waals surface area contributed by atoms with E-state index in [0.29, 0.717) is 27.7 Å². The second-order valence-electron chi connectivity index (χ2n) is 16.1. The van der Waals surface area contributed by atoms with E-state index in [4.69, 9.17) is 24.3 Å². The second-order valence-corrected chi connectivity index (χ2v) is 21.1. The number of hydrogen-bond donors (Lipinski definition) is 0. The summed E-state index contributed by atoms with van der Waals surface area (Å²) >= 11 is 0. The molecule has 0 saturated heterocycles. The molecule has 0 amide bonds. The minimum atomic E-state index is -2.31. The van der Waals surface area contributed by atoms with Gasteiger partial charge in [0.05, 0.1) is 13.7 Å². The molecule has 4 nitrogen and oxygen atoms in total. The molecule has 0 aliphatic heterocycles. The van der Waals surface area contributed by atoms with Gasteiger partial charge in [-0.1, -0.05) is 129 Å². The Hall–Kier alpha value is -5.13. The predicted octanol–water partition coefficient (Wildman–Crippen LogP) is 13.4. The van der Waals surface area contributed by atoms with Crippen molar-refractivity contribution in [2.45, 2.75) is 71.9 Å².